The number of hydrogen-bond donors (Lipinski definition) is 2. The summed E-state index contributed by atoms with van der Waals surface area (Å²) in [6.45, 7) is 0. The lowest BCUT2D eigenvalue weighted by atomic mass is 9.92. The van der Waals surface area contributed by atoms with E-state index in [1.807, 2.05) is 0 Å². The van der Waals surface area contributed by atoms with Gasteiger partial charge in [-0.05, 0) is 36.4 Å². The van der Waals surface area contributed by atoms with Crippen LogP contribution in [0.4, 0.5) is 13.2 Å². The molecule has 0 saturated heterocycles. The molecule has 0 aliphatic heterocycles. The molecule has 0 aliphatic rings. The van der Waals surface area contributed by atoms with Gasteiger partial charge in [0.2, 0.25) is 0 Å². The number of aromatic amines is 1. The number of aromatic carboxylic acids is 1. The molecule has 3 aromatic carbocycles. The fraction of sp³-hybridized carbons (Fsp3) is 0.0400. The van der Waals surface area contributed by atoms with Crippen LogP contribution in [-0.4, -0.2) is 32.0 Å². The topological polar surface area (TPSA) is 95.9 Å². The van der Waals surface area contributed by atoms with Crippen LogP contribution in [0, 0.1) is 0 Å². The minimum Gasteiger partial charge on any atom is -0.478 e. The van der Waals surface area contributed by atoms with Gasteiger partial charge in [0.1, 0.15) is 5.69 Å². The Balaban J connectivity index is 1.78. The van der Waals surface area contributed by atoms with E-state index >= 15 is 0 Å². The number of halogens is 4. The van der Waals surface area contributed by atoms with Gasteiger partial charge in [0.05, 0.1) is 38.4 Å². The smallest absolute Gasteiger partial charge is 0.417 e. The van der Waals surface area contributed by atoms with Gasteiger partial charge in [-0.1, -0.05) is 29.8 Å². The molecule has 0 aliphatic carbocycles. The first kappa shape index (κ1) is 23.7. The largest absolute Gasteiger partial charge is 0.478 e. The summed E-state index contributed by atoms with van der Waals surface area (Å²) in [5, 5.41) is 18.0. The summed E-state index contributed by atoms with van der Waals surface area (Å²) < 4.78 is 41.5. The molecule has 2 aromatic heterocycles. The molecular weight excluding hydrogens is 515 g/mol. The fourth-order valence-corrected chi connectivity index (χ4v) is 4.77. The second-order valence-corrected chi connectivity index (χ2v) is 8.89. The van der Waals surface area contributed by atoms with E-state index in [-0.39, 0.29) is 27.2 Å². The number of nitrogens with one attached hydrogen (secondary N) is 1. The van der Waals surface area contributed by atoms with Crippen molar-refractivity contribution in [1.82, 2.24) is 15.2 Å². The maximum atomic E-state index is 13.8. The molecule has 180 valence electrons. The van der Waals surface area contributed by atoms with Crippen LogP contribution in [0.15, 0.2) is 65.5 Å². The second-order valence-electron chi connectivity index (χ2n) is 7.76. The molecule has 0 fully saturated rings. The highest BCUT2D eigenvalue weighted by Gasteiger charge is 2.37. The maximum Gasteiger partial charge on any atom is 0.417 e. The Kier molecular flexibility index (Phi) is 5.85. The number of alkyl halides is 3. The first-order chi connectivity index (χ1) is 17.1. The van der Waals surface area contributed by atoms with Crippen molar-refractivity contribution in [3.8, 4) is 22.5 Å². The van der Waals surface area contributed by atoms with Gasteiger partial charge < -0.3 is 5.11 Å². The van der Waals surface area contributed by atoms with Crippen LogP contribution in [-0.2, 0) is 6.18 Å². The standard InChI is InChI=1S/C25H13ClF3N3O3S/c26-17-3-1-2-16(25(27,28)29)21(17)23(33)15-8-14(19-10-36-11-30-19)9-18-20(15)22(32-31-18)12-4-6-13(7-5-12)24(34)35/h1-11H,(H,31,32)(H,34,35). The minimum atomic E-state index is -4.81. The summed E-state index contributed by atoms with van der Waals surface area (Å²) in [5.74, 6) is -2.05. The molecule has 11 heteroatoms. The lowest BCUT2D eigenvalue weighted by Crippen LogP contribution is -2.15. The summed E-state index contributed by atoms with van der Waals surface area (Å²) in [6.07, 6.45) is -4.81. The summed E-state index contributed by atoms with van der Waals surface area (Å²) >= 11 is 7.46. The van der Waals surface area contributed by atoms with Gasteiger partial charge in [-0.3, -0.25) is 9.89 Å². The molecule has 6 nitrogen and oxygen atoms in total. The zero-order valence-corrected chi connectivity index (χ0v) is 19.5. The number of carboxylic acids is 1. The van der Waals surface area contributed by atoms with Crippen LogP contribution in [0.1, 0.15) is 31.8 Å². The SMILES string of the molecule is O=C(O)c1ccc(-c2n[nH]c3cc(-c4cscn4)cc(C(=O)c4c(Cl)cccc4C(F)(F)F)c23)cc1. The number of aromatic nitrogens is 3. The highest BCUT2D eigenvalue weighted by atomic mass is 35.5. The van der Waals surface area contributed by atoms with Gasteiger partial charge in [0.25, 0.3) is 0 Å². The highest BCUT2D eigenvalue weighted by Crippen LogP contribution is 2.39. The molecule has 2 N–H and O–H groups in total. The third-order valence-corrected chi connectivity index (χ3v) is 6.49. The van der Waals surface area contributed by atoms with Crippen LogP contribution < -0.4 is 0 Å². The van der Waals surface area contributed by atoms with E-state index in [0.29, 0.717) is 22.3 Å². The van der Waals surface area contributed by atoms with Gasteiger partial charge >= 0.3 is 12.1 Å². The summed E-state index contributed by atoms with van der Waals surface area (Å²) in [7, 11) is 0. The van der Waals surface area contributed by atoms with Crippen LogP contribution in [0.5, 0.6) is 0 Å². The molecule has 36 heavy (non-hydrogen) atoms. The maximum absolute atomic E-state index is 13.8. The van der Waals surface area contributed by atoms with Crippen LogP contribution in [0.2, 0.25) is 5.02 Å². The highest BCUT2D eigenvalue weighted by molar-refractivity contribution is 7.07. The van der Waals surface area contributed by atoms with Gasteiger partial charge in [0.15, 0.2) is 5.78 Å². The molecule has 0 spiro atoms. The lowest BCUT2D eigenvalue weighted by molar-refractivity contribution is -0.137. The van der Waals surface area contributed by atoms with Gasteiger partial charge in [-0.25, -0.2) is 9.78 Å². The fourth-order valence-electron chi connectivity index (χ4n) is 3.94. The Labute approximate surface area is 210 Å². The van der Waals surface area contributed by atoms with Crippen LogP contribution >= 0.6 is 22.9 Å². The number of carbonyl (C=O) groups is 2. The zero-order chi connectivity index (χ0) is 25.6. The molecular formula is C25H13ClF3N3O3S. The number of carbonyl (C=O) groups excluding carboxylic acids is 1. The van der Waals surface area contributed by atoms with Crippen molar-refractivity contribution >= 4 is 45.6 Å². The molecule has 0 radical (unpaired) electrons. The third kappa shape index (κ3) is 4.14. The predicted molar refractivity (Wildman–Crippen MR) is 129 cm³/mol. The summed E-state index contributed by atoms with van der Waals surface area (Å²) in [6, 6.07) is 12.1. The van der Waals surface area contributed by atoms with E-state index in [1.54, 1.807) is 17.0 Å². The zero-order valence-electron chi connectivity index (χ0n) is 17.9. The van der Waals surface area contributed by atoms with E-state index in [9.17, 15) is 27.9 Å². The number of benzene rings is 3. The van der Waals surface area contributed by atoms with Crippen molar-refractivity contribution in [2.24, 2.45) is 0 Å². The van der Waals surface area contributed by atoms with Crippen molar-refractivity contribution in [2.75, 3.05) is 0 Å². The Morgan fingerprint density at radius 1 is 1.03 bits per heavy atom. The van der Waals surface area contributed by atoms with Gasteiger partial charge in [-0.15, -0.1) is 11.3 Å². The molecule has 2 heterocycles. The molecule has 0 bridgehead atoms. The number of nitrogens with zero attached hydrogens (tertiary/aromatic N) is 2. The van der Waals surface area contributed by atoms with Gasteiger partial charge in [0, 0.05) is 27.5 Å². The molecule has 0 saturated carbocycles. The number of H-pyrrole nitrogens is 1. The lowest BCUT2D eigenvalue weighted by Gasteiger charge is -2.15. The first-order valence-electron chi connectivity index (χ1n) is 10.3. The van der Waals surface area contributed by atoms with Crippen molar-refractivity contribution in [1.29, 1.82) is 0 Å². The Morgan fingerprint density at radius 2 is 1.78 bits per heavy atom. The van der Waals surface area contributed by atoms with Crippen molar-refractivity contribution in [3.05, 3.63) is 92.8 Å². The minimum absolute atomic E-state index is 0.0478. The molecule has 5 aromatic rings. The van der Waals surface area contributed by atoms with Crippen molar-refractivity contribution < 1.29 is 27.9 Å². The van der Waals surface area contributed by atoms with Crippen molar-refractivity contribution in [2.45, 2.75) is 6.18 Å². The van der Waals surface area contributed by atoms with E-state index in [0.717, 1.165) is 12.1 Å². The normalized spacial score (nSPS) is 11.7. The third-order valence-electron chi connectivity index (χ3n) is 5.59. The number of ketones is 1. The van der Waals surface area contributed by atoms with Crippen LogP contribution in [0.3, 0.4) is 0 Å². The van der Waals surface area contributed by atoms with Crippen LogP contribution in [0.25, 0.3) is 33.4 Å². The Morgan fingerprint density at radius 3 is 2.42 bits per heavy atom. The predicted octanol–water partition coefficient (Wildman–Crippen LogP) is 6.95. The number of hydrogen-bond acceptors (Lipinski definition) is 5. The number of fused-ring (bicyclic) bond motifs is 1. The van der Waals surface area contributed by atoms with E-state index in [2.05, 4.69) is 15.2 Å². The summed E-state index contributed by atoms with van der Waals surface area (Å²) in [4.78, 5) is 29.2. The molecule has 5 rings (SSSR count). The Hall–Kier alpha value is -4.02. The second kappa shape index (κ2) is 8.89. The molecule has 0 amide bonds. The molecule has 0 atom stereocenters. The number of thiazole rings is 1. The van der Waals surface area contributed by atoms with E-state index < -0.39 is 29.1 Å². The number of rotatable bonds is 5. The molecule has 0 unspecified atom stereocenters. The average Bonchev–Trinajstić information content (AvgIpc) is 3.53. The quantitative estimate of drug-likeness (QED) is 0.241. The van der Waals surface area contributed by atoms with E-state index in [4.69, 9.17) is 11.6 Å². The van der Waals surface area contributed by atoms with E-state index in [1.165, 1.54) is 47.7 Å². The van der Waals surface area contributed by atoms with Crippen molar-refractivity contribution in [3.63, 3.8) is 0 Å². The monoisotopic (exact) mass is 527 g/mol. The average molecular weight is 528 g/mol. The summed E-state index contributed by atoms with van der Waals surface area (Å²) in [5.41, 5.74) is 1.94. The Bertz CT molecular complexity index is 1630. The van der Waals surface area contributed by atoms with Gasteiger partial charge in [-0.2, -0.15) is 18.3 Å². The number of carboxylic acid groups (broad SMARTS) is 1. The first-order valence-corrected chi connectivity index (χ1v) is 11.6.